The van der Waals surface area contributed by atoms with Crippen LogP contribution < -0.4 is 0 Å². The summed E-state index contributed by atoms with van der Waals surface area (Å²) in [5, 5.41) is 1.18. The normalized spacial score (nSPS) is 21.0. The van der Waals surface area contributed by atoms with Crippen molar-refractivity contribution in [2.45, 2.75) is 32.7 Å². The number of rotatable bonds is 6. The van der Waals surface area contributed by atoms with Crippen molar-refractivity contribution in [1.82, 2.24) is 14.2 Å². The van der Waals surface area contributed by atoms with Gasteiger partial charge in [-0.05, 0) is 32.2 Å². The number of hydrogen-bond donors (Lipinski definition) is 0. The highest BCUT2D eigenvalue weighted by Gasteiger charge is 2.26. The Morgan fingerprint density at radius 1 is 1.52 bits per heavy atom. The zero-order valence-electron chi connectivity index (χ0n) is 13.1. The molecular weight excluding hydrogens is 306 g/mol. The van der Waals surface area contributed by atoms with Gasteiger partial charge < -0.3 is 4.90 Å². The van der Waals surface area contributed by atoms with Gasteiger partial charge in [0, 0.05) is 37.3 Å². The van der Waals surface area contributed by atoms with E-state index in [0.717, 1.165) is 32.4 Å². The Labute approximate surface area is 132 Å². The maximum atomic E-state index is 11.7. The van der Waals surface area contributed by atoms with Crippen LogP contribution >= 0.6 is 11.3 Å². The molecule has 0 amide bonds. The Hall–Kier alpha value is -0.500. The minimum Gasteiger partial charge on any atom is -0.301 e. The molecule has 1 atom stereocenters. The van der Waals surface area contributed by atoms with Gasteiger partial charge in [0.05, 0.1) is 11.3 Å². The molecule has 0 aliphatic carbocycles. The van der Waals surface area contributed by atoms with E-state index in [1.54, 1.807) is 15.6 Å². The first-order valence-electron chi connectivity index (χ1n) is 7.45. The number of sulfonamides is 1. The van der Waals surface area contributed by atoms with Crippen LogP contribution in [0.25, 0.3) is 0 Å². The highest BCUT2D eigenvalue weighted by atomic mass is 32.2. The molecular formula is C14H25N3O2S2. The maximum Gasteiger partial charge on any atom is 0.211 e. The summed E-state index contributed by atoms with van der Waals surface area (Å²) in [5.41, 5.74) is 0. The van der Waals surface area contributed by atoms with Crippen LogP contribution in [0.15, 0.2) is 6.20 Å². The van der Waals surface area contributed by atoms with E-state index in [9.17, 15) is 8.42 Å². The smallest absolute Gasteiger partial charge is 0.211 e. The van der Waals surface area contributed by atoms with Crippen molar-refractivity contribution in [2.24, 2.45) is 5.92 Å². The van der Waals surface area contributed by atoms with Gasteiger partial charge in [0.15, 0.2) is 0 Å². The van der Waals surface area contributed by atoms with E-state index in [-0.39, 0.29) is 0 Å². The van der Waals surface area contributed by atoms with Gasteiger partial charge in [-0.1, -0.05) is 6.92 Å². The van der Waals surface area contributed by atoms with Crippen LogP contribution in [0, 0.1) is 5.92 Å². The molecule has 0 unspecified atom stereocenters. The second-order valence-electron chi connectivity index (χ2n) is 5.90. The molecule has 0 bridgehead atoms. The summed E-state index contributed by atoms with van der Waals surface area (Å²) in [6.07, 6.45) is 6.33. The Balaban J connectivity index is 1.85. The van der Waals surface area contributed by atoms with Gasteiger partial charge in [-0.15, -0.1) is 11.3 Å². The minimum absolute atomic E-state index is 0.428. The number of hydrogen-bond acceptors (Lipinski definition) is 5. The lowest BCUT2D eigenvalue weighted by Gasteiger charge is -2.33. The molecule has 0 aromatic carbocycles. The van der Waals surface area contributed by atoms with Crippen LogP contribution in [-0.2, 0) is 23.0 Å². The zero-order chi connectivity index (χ0) is 15.5. The van der Waals surface area contributed by atoms with Crippen LogP contribution in [0.3, 0.4) is 0 Å². The summed E-state index contributed by atoms with van der Waals surface area (Å²) in [6, 6.07) is 0. The van der Waals surface area contributed by atoms with Crippen LogP contribution in [0.5, 0.6) is 0 Å². The van der Waals surface area contributed by atoms with E-state index < -0.39 is 10.0 Å². The molecule has 120 valence electrons. The van der Waals surface area contributed by atoms with Crippen molar-refractivity contribution in [3.05, 3.63) is 16.1 Å². The second-order valence-corrected chi connectivity index (χ2v) is 9.08. The summed E-state index contributed by atoms with van der Waals surface area (Å²) in [4.78, 5) is 7.95. The Morgan fingerprint density at radius 3 is 2.90 bits per heavy atom. The van der Waals surface area contributed by atoms with Gasteiger partial charge in [-0.3, -0.25) is 0 Å². The van der Waals surface area contributed by atoms with Gasteiger partial charge in [0.25, 0.3) is 0 Å². The van der Waals surface area contributed by atoms with Crippen LogP contribution in [0.2, 0.25) is 0 Å². The molecule has 7 heteroatoms. The maximum absolute atomic E-state index is 11.7. The van der Waals surface area contributed by atoms with E-state index >= 15 is 0 Å². The third kappa shape index (κ3) is 5.02. The molecule has 0 N–H and O–H groups in total. The summed E-state index contributed by atoms with van der Waals surface area (Å²) in [5.74, 6) is 0.428. The lowest BCUT2D eigenvalue weighted by atomic mass is 9.99. The molecule has 1 aliphatic rings. The van der Waals surface area contributed by atoms with Gasteiger partial charge in [-0.2, -0.15) is 0 Å². The lowest BCUT2D eigenvalue weighted by Crippen LogP contribution is -2.42. The number of aromatic nitrogens is 1. The van der Waals surface area contributed by atoms with E-state index in [1.807, 2.05) is 6.20 Å². The van der Waals surface area contributed by atoms with Crippen LogP contribution in [0.1, 0.15) is 29.7 Å². The van der Waals surface area contributed by atoms with Crippen molar-refractivity contribution >= 4 is 21.4 Å². The van der Waals surface area contributed by atoms with Crippen LogP contribution in [0.4, 0.5) is 0 Å². The molecule has 5 nitrogen and oxygen atoms in total. The lowest BCUT2D eigenvalue weighted by molar-refractivity contribution is 0.197. The van der Waals surface area contributed by atoms with E-state index in [2.05, 4.69) is 23.9 Å². The monoisotopic (exact) mass is 331 g/mol. The predicted octanol–water partition coefficient (Wildman–Crippen LogP) is 1.81. The van der Waals surface area contributed by atoms with Gasteiger partial charge in [0.1, 0.15) is 0 Å². The molecule has 1 aromatic heterocycles. The fourth-order valence-electron chi connectivity index (χ4n) is 2.83. The number of aryl methyl sites for hydroxylation is 1. The average molecular weight is 332 g/mol. The molecule has 1 saturated heterocycles. The van der Waals surface area contributed by atoms with Crippen molar-refractivity contribution in [3.63, 3.8) is 0 Å². The number of piperidine rings is 1. The van der Waals surface area contributed by atoms with Crippen LogP contribution in [-0.4, -0.2) is 55.5 Å². The fourth-order valence-corrected chi connectivity index (χ4v) is 4.72. The van der Waals surface area contributed by atoms with Gasteiger partial charge >= 0.3 is 0 Å². The standard InChI is InChI=1S/C14H25N3O2S2/c1-4-14-15-8-13(20-14)11-16(2)9-12-6-5-7-17(10-12)21(3,18)19/h8,12H,4-7,9-11H2,1-3H3/t12-/m0/s1. The number of thiazole rings is 1. The molecule has 0 spiro atoms. The molecule has 2 heterocycles. The largest absolute Gasteiger partial charge is 0.301 e. The van der Waals surface area contributed by atoms with E-state index in [1.165, 1.54) is 16.1 Å². The van der Waals surface area contributed by atoms with E-state index in [4.69, 9.17) is 0 Å². The molecule has 1 fully saturated rings. The minimum atomic E-state index is -3.05. The fraction of sp³-hybridized carbons (Fsp3) is 0.786. The molecule has 1 aromatic rings. The predicted molar refractivity (Wildman–Crippen MR) is 87.0 cm³/mol. The third-order valence-corrected chi connectivity index (χ3v) is 6.25. The first-order chi connectivity index (χ1) is 9.88. The summed E-state index contributed by atoms with van der Waals surface area (Å²) >= 11 is 1.77. The number of nitrogens with zero attached hydrogens (tertiary/aromatic N) is 3. The van der Waals surface area contributed by atoms with Crippen molar-refractivity contribution < 1.29 is 8.42 Å². The first kappa shape index (κ1) is 16.9. The van der Waals surface area contributed by atoms with E-state index in [0.29, 0.717) is 19.0 Å². The summed E-state index contributed by atoms with van der Waals surface area (Å²) in [6.45, 7) is 5.28. The van der Waals surface area contributed by atoms with Crippen molar-refractivity contribution in [3.8, 4) is 0 Å². The molecule has 1 aliphatic heterocycles. The molecule has 21 heavy (non-hydrogen) atoms. The van der Waals surface area contributed by atoms with Crippen molar-refractivity contribution in [2.75, 3.05) is 32.9 Å². The highest BCUT2D eigenvalue weighted by molar-refractivity contribution is 7.88. The first-order valence-corrected chi connectivity index (χ1v) is 10.1. The Bertz CT molecular complexity index is 556. The zero-order valence-corrected chi connectivity index (χ0v) is 14.7. The topological polar surface area (TPSA) is 53.5 Å². The Morgan fingerprint density at radius 2 is 2.29 bits per heavy atom. The van der Waals surface area contributed by atoms with Gasteiger partial charge in [-0.25, -0.2) is 17.7 Å². The molecule has 2 rings (SSSR count). The summed E-state index contributed by atoms with van der Waals surface area (Å²) in [7, 11) is -0.945. The SMILES string of the molecule is CCc1ncc(CN(C)C[C@@H]2CCCN(S(C)(=O)=O)C2)s1. The Kier molecular flexibility index (Phi) is 5.76. The van der Waals surface area contributed by atoms with Gasteiger partial charge in [0.2, 0.25) is 10.0 Å². The second kappa shape index (κ2) is 7.17. The molecule has 0 saturated carbocycles. The third-order valence-electron chi connectivity index (χ3n) is 3.85. The quantitative estimate of drug-likeness (QED) is 0.798. The molecule has 0 radical (unpaired) electrons. The average Bonchev–Trinajstić information content (AvgIpc) is 2.85. The van der Waals surface area contributed by atoms with Crippen molar-refractivity contribution in [1.29, 1.82) is 0 Å². The highest BCUT2D eigenvalue weighted by Crippen LogP contribution is 2.21. The summed E-state index contributed by atoms with van der Waals surface area (Å²) < 4.78 is 24.9.